The van der Waals surface area contributed by atoms with Crippen LogP contribution in [0.15, 0.2) is 47.7 Å². The molecular weight excluding hydrogens is 402 g/mol. The van der Waals surface area contributed by atoms with Gasteiger partial charge in [-0.05, 0) is 43.8 Å². The first kappa shape index (κ1) is 23.8. The van der Waals surface area contributed by atoms with E-state index in [0.29, 0.717) is 6.54 Å². The second-order valence-corrected chi connectivity index (χ2v) is 7.73. The molecule has 1 atom stereocenters. The minimum atomic E-state index is 0.202. The van der Waals surface area contributed by atoms with E-state index in [1.165, 1.54) is 5.56 Å². The minimum Gasteiger partial charge on any atom is -0.497 e. The predicted octanol–water partition coefficient (Wildman–Crippen LogP) is 2.66. The largest absolute Gasteiger partial charge is 0.497 e. The van der Waals surface area contributed by atoms with Gasteiger partial charge in [0.25, 0.3) is 0 Å². The van der Waals surface area contributed by atoms with Gasteiger partial charge in [-0.1, -0.05) is 26.0 Å². The van der Waals surface area contributed by atoms with E-state index in [1.807, 2.05) is 12.1 Å². The van der Waals surface area contributed by atoms with Gasteiger partial charge < -0.3 is 19.9 Å². The van der Waals surface area contributed by atoms with Crippen LogP contribution in [-0.2, 0) is 0 Å². The van der Waals surface area contributed by atoms with Crippen molar-refractivity contribution in [1.29, 1.82) is 0 Å². The number of likely N-dealkylation sites (N-methyl/N-ethyl adjacent to an activating group) is 1. The third-order valence-corrected chi connectivity index (χ3v) is 5.89. The van der Waals surface area contributed by atoms with E-state index in [9.17, 15) is 0 Å². The van der Waals surface area contributed by atoms with Crippen LogP contribution in [0.5, 0.6) is 5.75 Å². The monoisotopic (exact) mass is 439 g/mol. The van der Waals surface area contributed by atoms with Gasteiger partial charge in [-0.25, -0.2) is 9.97 Å². The molecule has 2 aromatic rings. The van der Waals surface area contributed by atoms with Gasteiger partial charge in [0.1, 0.15) is 5.75 Å². The maximum absolute atomic E-state index is 5.47. The Bertz CT molecular complexity index is 833. The molecule has 8 nitrogen and oxygen atoms in total. The fraction of sp³-hybridized carbons (Fsp3) is 0.542. The average Bonchev–Trinajstić information content (AvgIpc) is 2.86. The van der Waals surface area contributed by atoms with Crippen LogP contribution in [0, 0.1) is 0 Å². The number of hydrogen-bond acceptors (Lipinski definition) is 6. The molecule has 3 rings (SSSR count). The van der Waals surface area contributed by atoms with Gasteiger partial charge in [-0.15, -0.1) is 0 Å². The summed E-state index contributed by atoms with van der Waals surface area (Å²) >= 11 is 0. The molecule has 8 heteroatoms. The second kappa shape index (κ2) is 12.2. The van der Waals surface area contributed by atoms with Crippen LogP contribution in [0.1, 0.15) is 32.4 Å². The van der Waals surface area contributed by atoms with Crippen LogP contribution in [0.4, 0.5) is 5.95 Å². The van der Waals surface area contributed by atoms with Crippen LogP contribution in [0.3, 0.4) is 0 Å². The lowest BCUT2D eigenvalue weighted by atomic mass is 10.0. The first-order chi connectivity index (χ1) is 15.7. The van der Waals surface area contributed by atoms with Crippen molar-refractivity contribution in [3.8, 4) is 5.75 Å². The first-order valence-corrected chi connectivity index (χ1v) is 11.6. The highest BCUT2D eigenvalue weighted by Crippen LogP contribution is 2.25. The van der Waals surface area contributed by atoms with Gasteiger partial charge >= 0.3 is 0 Å². The van der Waals surface area contributed by atoms with Crippen LogP contribution < -0.4 is 15.0 Å². The zero-order chi connectivity index (χ0) is 22.8. The minimum absolute atomic E-state index is 0.202. The third kappa shape index (κ3) is 6.09. The van der Waals surface area contributed by atoms with Crippen LogP contribution in [0.25, 0.3) is 0 Å². The summed E-state index contributed by atoms with van der Waals surface area (Å²) in [5, 5.41) is 3.49. The third-order valence-electron chi connectivity index (χ3n) is 5.89. The number of methoxy groups -OCH3 is 1. The summed E-state index contributed by atoms with van der Waals surface area (Å²) in [5.74, 6) is 2.66. The number of guanidine groups is 1. The molecule has 32 heavy (non-hydrogen) atoms. The summed E-state index contributed by atoms with van der Waals surface area (Å²) < 4.78 is 5.47. The molecule has 1 aliphatic rings. The zero-order valence-corrected chi connectivity index (χ0v) is 19.9. The molecule has 1 aromatic carbocycles. The molecule has 2 heterocycles. The number of benzene rings is 1. The maximum atomic E-state index is 5.47. The fourth-order valence-corrected chi connectivity index (χ4v) is 4.12. The Morgan fingerprint density at radius 2 is 1.81 bits per heavy atom. The number of nitrogens with zero attached hydrogens (tertiary/aromatic N) is 6. The topological polar surface area (TPSA) is 69.1 Å². The molecular formula is C24H37N7O. The Morgan fingerprint density at radius 3 is 2.44 bits per heavy atom. The van der Waals surface area contributed by atoms with E-state index in [0.717, 1.165) is 63.5 Å². The van der Waals surface area contributed by atoms with E-state index in [4.69, 9.17) is 9.73 Å². The van der Waals surface area contributed by atoms with E-state index in [1.54, 1.807) is 19.5 Å². The van der Waals surface area contributed by atoms with E-state index in [2.05, 4.69) is 69.0 Å². The number of rotatable bonds is 9. The summed E-state index contributed by atoms with van der Waals surface area (Å²) in [6.45, 7) is 13.5. The summed E-state index contributed by atoms with van der Waals surface area (Å²) in [6.07, 6.45) is 3.60. The predicted molar refractivity (Wildman–Crippen MR) is 130 cm³/mol. The Hall–Kier alpha value is -2.87. The van der Waals surface area contributed by atoms with Crippen molar-refractivity contribution < 1.29 is 4.74 Å². The van der Waals surface area contributed by atoms with Crippen molar-refractivity contribution in [2.75, 3.05) is 64.4 Å². The summed E-state index contributed by atoms with van der Waals surface area (Å²) in [4.78, 5) is 20.9. The Balaban J connectivity index is 1.74. The van der Waals surface area contributed by atoms with Crippen molar-refractivity contribution in [1.82, 2.24) is 25.1 Å². The highest BCUT2D eigenvalue weighted by Gasteiger charge is 2.23. The lowest BCUT2D eigenvalue weighted by molar-refractivity contribution is 0.223. The standard InChI is InChI=1S/C24H37N7O/c1-5-25-23(30-14-16-31(17-15-30)24-26-12-9-13-27-24)28-19-22(29(6-2)7-3)20-10-8-11-21(18-20)32-4/h8-13,18,22H,5-7,14-17,19H2,1-4H3,(H,25,28). The van der Waals surface area contributed by atoms with Crippen molar-refractivity contribution in [2.45, 2.75) is 26.8 Å². The SMILES string of the molecule is CCNC(=NCC(c1cccc(OC)c1)N(CC)CC)N1CCN(c2ncccn2)CC1. The number of ether oxygens (including phenoxy) is 1. The second-order valence-electron chi connectivity index (χ2n) is 7.73. The summed E-state index contributed by atoms with van der Waals surface area (Å²) in [5.41, 5.74) is 1.23. The van der Waals surface area contributed by atoms with Gasteiger partial charge in [-0.2, -0.15) is 0 Å². The number of nitrogens with one attached hydrogen (secondary N) is 1. The fourth-order valence-electron chi connectivity index (χ4n) is 4.12. The van der Waals surface area contributed by atoms with Gasteiger partial charge in [0, 0.05) is 45.1 Å². The number of hydrogen-bond donors (Lipinski definition) is 1. The van der Waals surface area contributed by atoms with Crippen LogP contribution in [-0.4, -0.2) is 85.2 Å². The molecule has 1 N–H and O–H groups in total. The number of anilines is 1. The first-order valence-electron chi connectivity index (χ1n) is 11.6. The van der Waals surface area contributed by atoms with E-state index in [-0.39, 0.29) is 6.04 Å². The van der Waals surface area contributed by atoms with Crippen molar-refractivity contribution in [2.24, 2.45) is 4.99 Å². The van der Waals surface area contributed by atoms with Crippen LogP contribution in [0.2, 0.25) is 0 Å². The zero-order valence-electron chi connectivity index (χ0n) is 19.9. The lowest BCUT2D eigenvalue weighted by Gasteiger charge is -2.37. The molecule has 1 aromatic heterocycles. The summed E-state index contributed by atoms with van der Waals surface area (Å²) in [6, 6.07) is 10.4. The Kier molecular flexibility index (Phi) is 9.10. The number of aromatic nitrogens is 2. The molecule has 0 aliphatic carbocycles. The highest BCUT2D eigenvalue weighted by atomic mass is 16.5. The quantitative estimate of drug-likeness (QED) is 0.476. The Labute approximate surface area is 192 Å². The van der Waals surface area contributed by atoms with E-state index >= 15 is 0 Å². The number of aliphatic imine (C=N–C) groups is 1. The molecule has 0 bridgehead atoms. The molecule has 1 unspecified atom stereocenters. The van der Waals surface area contributed by atoms with Gasteiger partial charge in [0.2, 0.25) is 5.95 Å². The molecule has 0 saturated carbocycles. The number of piperazine rings is 1. The average molecular weight is 440 g/mol. The molecule has 1 fully saturated rings. The molecule has 0 radical (unpaired) electrons. The van der Waals surface area contributed by atoms with E-state index < -0.39 is 0 Å². The molecule has 1 aliphatic heterocycles. The molecule has 0 spiro atoms. The van der Waals surface area contributed by atoms with Crippen molar-refractivity contribution >= 4 is 11.9 Å². The van der Waals surface area contributed by atoms with Gasteiger partial charge in [-0.3, -0.25) is 9.89 Å². The molecule has 1 saturated heterocycles. The highest BCUT2D eigenvalue weighted by molar-refractivity contribution is 5.80. The molecule has 174 valence electrons. The van der Waals surface area contributed by atoms with Crippen molar-refractivity contribution in [3.63, 3.8) is 0 Å². The van der Waals surface area contributed by atoms with Crippen LogP contribution >= 0.6 is 0 Å². The maximum Gasteiger partial charge on any atom is 0.225 e. The normalized spacial score (nSPS) is 15.7. The Morgan fingerprint density at radius 1 is 1.09 bits per heavy atom. The van der Waals surface area contributed by atoms with Gasteiger partial charge in [0.05, 0.1) is 19.7 Å². The summed E-state index contributed by atoms with van der Waals surface area (Å²) in [7, 11) is 1.72. The lowest BCUT2D eigenvalue weighted by Crippen LogP contribution is -2.53. The smallest absolute Gasteiger partial charge is 0.225 e. The molecule has 0 amide bonds. The van der Waals surface area contributed by atoms with Gasteiger partial charge in [0.15, 0.2) is 5.96 Å². The van der Waals surface area contributed by atoms with Crippen molar-refractivity contribution in [3.05, 3.63) is 48.3 Å².